The normalized spacial score (nSPS) is 16.0. The Hall–Kier alpha value is -3.57. The number of benzene rings is 2. The second-order valence-corrected chi connectivity index (χ2v) is 8.03. The fraction of sp³-hybridized carbons (Fsp3) is 0.150. The SMILES string of the molecule is O=C(NCCN1C(=O)S/C(=C\c2ccc3c(c2)OCO3)C1=O)c1ccc(Cl)c([N+](=O)[O-])c1. The van der Waals surface area contributed by atoms with Crippen LogP contribution in [0.15, 0.2) is 41.3 Å². The Morgan fingerprint density at radius 2 is 2.00 bits per heavy atom. The molecule has 10 nitrogen and oxygen atoms in total. The molecule has 2 aromatic carbocycles. The van der Waals surface area contributed by atoms with E-state index in [1.165, 1.54) is 12.1 Å². The Kier molecular flexibility index (Phi) is 6.01. The van der Waals surface area contributed by atoms with Crippen LogP contribution in [-0.2, 0) is 4.79 Å². The summed E-state index contributed by atoms with van der Waals surface area (Å²) in [5.74, 6) is 0.0989. The van der Waals surface area contributed by atoms with E-state index in [4.69, 9.17) is 21.1 Å². The molecule has 2 aromatic rings. The van der Waals surface area contributed by atoms with E-state index in [-0.39, 0.29) is 41.1 Å². The van der Waals surface area contributed by atoms with Crippen molar-refractivity contribution in [3.05, 3.63) is 67.6 Å². The Morgan fingerprint density at radius 3 is 2.78 bits per heavy atom. The van der Waals surface area contributed by atoms with Crippen molar-refractivity contribution in [2.24, 2.45) is 0 Å². The molecule has 3 amide bonds. The molecule has 2 aliphatic rings. The average Bonchev–Trinajstić information content (AvgIpc) is 3.33. The van der Waals surface area contributed by atoms with E-state index in [1.807, 2.05) is 0 Å². The summed E-state index contributed by atoms with van der Waals surface area (Å²) in [7, 11) is 0. The summed E-state index contributed by atoms with van der Waals surface area (Å²) >= 11 is 6.54. The molecule has 164 valence electrons. The van der Waals surface area contributed by atoms with Gasteiger partial charge in [-0.05, 0) is 47.7 Å². The Labute approximate surface area is 190 Å². The number of hydrogen-bond donors (Lipinski definition) is 1. The molecule has 12 heteroatoms. The summed E-state index contributed by atoms with van der Waals surface area (Å²) in [5.41, 5.74) is 0.328. The van der Waals surface area contributed by atoms with Crippen molar-refractivity contribution >= 4 is 52.2 Å². The maximum Gasteiger partial charge on any atom is 0.293 e. The fourth-order valence-corrected chi connectivity index (χ4v) is 4.08. The highest BCUT2D eigenvalue weighted by atomic mass is 35.5. The predicted molar refractivity (Wildman–Crippen MR) is 116 cm³/mol. The van der Waals surface area contributed by atoms with E-state index in [9.17, 15) is 24.5 Å². The minimum atomic E-state index is -0.689. The zero-order valence-electron chi connectivity index (χ0n) is 16.2. The lowest BCUT2D eigenvalue weighted by Crippen LogP contribution is -2.37. The van der Waals surface area contributed by atoms with Gasteiger partial charge in [-0.15, -0.1) is 0 Å². The van der Waals surface area contributed by atoms with Crippen molar-refractivity contribution in [1.29, 1.82) is 0 Å². The van der Waals surface area contributed by atoms with Gasteiger partial charge in [0.2, 0.25) is 6.79 Å². The van der Waals surface area contributed by atoms with Crippen molar-refractivity contribution in [3.63, 3.8) is 0 Å². The van der Waals surface area contributed by atoms with Crippen molar-refractivity contribution in [3.8, 4) is 11.5 Å². The molecular weight excluding hydrogens is 462 g/mol. The lowest BCUT2D eigenvalue weighted by Gasteiger charge is -2.13. The van der Waals surface area contributed by atoms with Gasteiger partial charge < -0.3 is 14.8 Å². The molecule has 4 rings (SSSR count). The smallest absolute Gasteiger partial charge is 0.293 e. The predicted octanol–water partition coefficient (Wildman–Crippen LogP) is 3.44. The molecule has 0 unspecified atom stereocenters. The molecular formula is C20H14ClN3O7S. The van der Waals surface area contributed by atoms with Crippen LogP contribution in [0.3, 0.4) is 0 Å². The van der Waals surface area contributed by atoms with Crippen LogP contribution >= 0.6 is 23.4 Å². The van der Waals surface area contributed by atoms with Gasteiger partial charge in [0.1, 0.15) is 5.02 Å². The Morgan fingerprint density at radius 1 is 1.22 bits per heavy atom. The molecule has 1 N–H and O–H groups in total. The van der Waals surface area contributed by atoms with Crippen LogP contribution < -0.4 is 14.8 Å². The molecule has 0 bridgehead atoms. The van der Waals surface area contributed by atoms with Crippen molar-refractivity contribution < 1.29 is 28.8 Å². The van der Waals surface area contributed by atoms with Gasteiger partial charge in [0, 0.05) is 24.7 Å². The van der Waals surface area contributed by atoms with Crippen molar-refractivity contribution in [2.45, 2.75) is 0 Å². The lowest BCUT2D eigenvalue weighted by atomic mass is 10.2. The molecule has 0 saturated carbocycles. The number of amides is 3. The van der Waals surface area contributed by atoms with Gasteiger partial charge in [0.25, 0.3) is 22.7 Å². The minimum absolute atomic E-state index is 0.0232. The van der Waals surface area contributed by atoms with E-state index in [1.54, 1.807) is 24.3 Å². The van der Waals surface area contributed by atoms with E-state index in [2.05, 4.69) is 5.32 Å². The molecule has 2 heterocycles. The number of nitro benzene ring substituents is 1. The summed E-state index contributed by atoms with van der Waals surface area (Å²) < 4.78 is 10.6. The number of ether oxygens (including phenoxy) is 2. The van der Waals surface area contributed by atoms with Crippen LogP contribution in [0.4, 0.5) is 10.5 Å². The molecule has 1 saturated heterocycles. The van der Waals surface area contributed by atoms with Gasteiger partial charge in [-0.3, -0.25) is 29.4 Å². The van der Waals surface area contributed by atoms with Gasteiger partial charge in [0.05, 0.1) is 9.83 Å². The van der Waals surface area contributed by atoms with E-state index < -0.39 is 22.0 Å². The number of nitro groups is 1. The maximum absolute atomic E-state index is 12.6. The van der Waals surface area contributed by atoms with Crippen molar-refractivity contribution in [1.82, 2.24) is 10.2 Å². The van der Waals surface area contributed by atoms with Crippen LogP contribution in [0.2, 0.25) is 5.02 Å². The van der Waals surface area contributed by atoms with E-state index in [0.717, 1.165) is 22.7 Å². The third-order valence-electron chi connectivity index (χ3n) is 4.59. The first-order valence-electron chi connectivity index (χ1n) is 9.20. The van der Waals surface area contributed by atoms with E-state index >= 15 is 0 Å². The van der Waals surface area contributed by atoms with Gasteiger partial charge in [-0.2, -0.15) is 0 Å². The Balaban J connectivity index is 1.37. The summed E-state index contributed by atoms with van der Waals surface area (Å²) in [6.45, 7) is 0.0551. The number of hydrogen-bond acceptors (Lipinski definition) is 8. The van der Waals surface area contributed by atoms with Crippen LogP contribution in [0, 0.1) is 10.1 Å². The summed E-state index contributed by atoms with van der Waals surface area (Å²) in [5, 5.41) is 13.0. The van der Waals surface area contributed by atoms with Gasteiger partial charge in [-0.1, -0.05) is 17.7 Å². The lowest BCUT2D eigenvalue weighted by molar-refractivity contribution is -0.384. The molecule has 1 fully saturated rings. The number of thioether (sulfide) groups is 1. The largest absolute Gasteiger partial charge is 0.454 e. The molecule has 0 radical (unpaired) electrons. The molecule has 0 aromatic heterocycles. The topological polar surface area (TPSA) is 128 Å². The summed E-state index contributed by atoms with van der Waals surface area (Å²) in [6, 6.07) is 8.83. The number of nitrogens with one attached hydrogen (secondary N) is 1. The van der Waals surface area contributed by atoms with Gasteiger partial charge in [0.15, 0.2) is 11.5 Å². The summed E-state index contributed by atoms with van der Waals surface area (Å²) in [4.78, 5) is 48.7. The zero-order valence-corrected chi connectivity index (χ0v) is 17.8. The highest BCUT2D eigenvalue weighted by Crippen LogP contribution is 2.36. The van der Waals surface area contributed by atoms with Crippen LogP contribution in [-0.4, -0.2) is 46.8 Å². The minimum Gasteiger partial charge on any atom is -0.454 e. The number of rotatable bonds is 6. The molecule has 0 aliphatic carbocycles. The quantitative estimate of drug-likeness (QED) is 0.382. The van der Waals surface area contributed by atoms with Crippen LogP contribution in [0.5, 0.6) is 11.5 Å². The molecule has 2 aliphatic heterocycles. The highest BCUT2D eigenvalue weighted by Gasteiger charge is 2.34. The number of nitrogens with zero attached hydrogens (tertiary/aromatic N) is 2. The Bertz CT molecular complexity index is 1180. The monoisotopic (exact) mass is 475 g/mol. The first-order chi connectivity index (χ1) is 15.3. The number of carbonyl (C=O) groups excluding carboxylic acids is 3. The second kappa shape index (κ2) is 8.89. The van der Waals surface area contributed by atoms with E-state index in [0.29, 0.717) is 17.1 Å². The number of fused-ring (bicyclic) bond motifs is 1. The maximum atomic E-state index is 12.6. The third kappa shape index (κ3) is 4.39. The second-order valence-electron chi connectivity index (χ2n) is 6.63. The third-order valence-corrected chi connectivity index (χ3v) is 5.82. The molecule has 0 atom stereocenters. The average molecular weight is 476 g/mol. The van der Waals surface area contributed by atoms with Gasteiger partial charge >= 0.3 is 0 Å². The van der Waals surface area contributed by atoms with Gasteiger partial charge in [-0.25, -0.2) is 0 Å². The van der Waals surface area contributed by atoms with Crippen LogP contribution in [0.25, 0.3) is 6.08 Å². The standard InChI is InChI=1S/C20H14ClN3O7S/c21-13-3-2-12(9-14(13)24(28)29)18(25)22-5-6-23-19(26)17(32-20(23)27)8-11-1-4-15-16(7-11)31-10-30-15/h1-4,7-9H,5-6,10H2,(H,22,25)/b17-8-. The zero-order chi connectivity index (χ0) is 22.8. The highest BCUT2D eigenvalue weighted by molar-refractivity contribution is 8.18. The van der Waals surface area contributed by atoms with Crippen LogP contribution in [0.1, 0.15) is 15.9 Å². The number of imide groups is 1. The fourth-order valence-electron chi connectivity index (χ4n) is 3.02. The van der Waals surface area contributed by atoms with Crippen molar-refractivity contribution in [2.75, 3.05) is 19.9 Å². The first kappa shape index (κ1) is 21.7. The molecule has 32 heavy (non-hydrogen) atoms. The first-order valence-corrected chi connectivity index (χ1v) is 10.4. The number of halogens is 1. The number of carbonyl (C=O) groups is 3. The summed E-state index contributed by atoms with van der Waals surface area (Å²) in [6.07, 6.45) is 1.58. The molecule has 0 spiro atoms.